The van der Waals surface area contributed by atoms with Crippen molar-refractivity contribution in [2.45, 2.75) is 18.9 Å². The zero-order valence-corrected chi connectivity index (χ0v) is 10.9. The van der Waals surface area contributed by atoms with Crippen LogP contribution in [0.25, 0.3) is 0 Å². The monoisotopic (exact) mass is 289 g/mol. The lowest BCUT2D eigenvalue weighted by molar-refractivity contribution is -0.141. The van der Waals surface area contributed by atoms with E-state index >= 15 is 0 Å². The fourth-order valence-corrected chi connectivity index (χ4v) is 1.59. The van der Waals surface area contributed by atoms with Gasteiger partial charge < -0.3 is 15.5 Å². The van der Waals surface area contributed by atoms with Crippen molar-refractivity contribution in [1.82, 2.24) is 5.32 Å². The Morgan fingerprint density at radius 3 is 2.63 bits per heavy atom. The predicted octanol–water partition coefficient (Wildman–Crippen LogP) is 1.43. The molecule has 0 fully saturated rings. The van der Waals surface area contributed by atoms with Gasteiger partial charge in [-0.1, -0.05) is 11.6 Å². The highest BCUT2D eigenvalue weighted by Gasteiger charge is 2.25. The van der Waals surface area contributed by atoms with Crippen LogP contribution in [0.1, 0.15) is 23.7 Å². The van der Waals surface area contributed by atoms with Gasteiger partial charge in [-0.05, 0) is 25.1 Å². The minimum atomic E-state index is -1.61. The molecule has 1 amide bonds. The van der Waals surface area contributed by atoms with Crippen molar-refractivity contribution in [2.24, 2.45) is 0 Å². The van der Waals surface area contributed by atoms with E-state index in [1.807, 2.05) is 0 Å². The van der Waals surface area contributed by atoms with Crippen LogP contribution in [0.2, 0.25) is 5.02 Å². The van der Waals surface area contributed by atoms with Crippen LogP contribution in [0.4, 0.5) is 4.39 Å². The molecule has 1 aromatic carbocycles. The van der Waals surface area contributed by atoms with Gasteiger partial charge in [0.25, 0.3) is 5.91 Å². The maximum atomic E-state index is 13.4. The van der Waals surface area contributed by atoms with Crippen LogP contribution in [0, 0.1) is 5.82 Å². The molecule has 0 aliphatic carbocycles. The molecular formula is C12H13ClFNO4. The summed E-state index contributed by atoms with van der Waals surface area (Å²) in [5, 5.41) is 20.7. The predicted molar refractivity (Wildman–Crippen MR) is 66.6 cm³/mol. The Balaban J connectivity index is 2.68. The molecule has 1 atom stereocenters. The van der Waals surface area contributed by atoms with Crippen LogP contribution >= 0.6 is 11.6 Å². The third-order valence-corrected chi connectivity index (χ3v) is 2.57. The number of halogens is 2. The minimum Gasteiger partial charge on any atom is -0.481 e. The summed E-state index contributed by atoms with van der Waals surface area (Å²) >= 11 is 5.55. The van der Waals surface area contributed by atoms with Gasteiger partial charge in [0, 0.05) is 11.6 Å². The molecule has 0 spiro atoms. The van der Waals surface area contributed by atoms with Crippen LogP contribution in [-0.4, -0.2) is 34.2 Å². The number of hydrogen-bond donors (Lipinski definition) is 3. The highest BCUT2D eigenvalue weighted by atomic mass is 35.5. The van der Waals surface area contributed by atoms with Crippen molar-refractivity contribution >= 4 is 23.5 Å². The number of rotatable bonds is 5. The van der Waals surface area contributed by atoms with Crippen molar-refractivity contribution in [3.8, 4) is 0 Å². The number of carboxylic acids is 1. The van der Waals surface area contributed by atoms with Crippen LogP contribution < -0.4 is 5.32 Å². The van der Waals surface area contributed by atoms with E-state index in [9.17, 15) is 19.1 Å². The Bertz CT molecular complexity index is 505. The lowest BCUT2D eigenvalue weighted by Gasteiger charge is -2.21. The fourth-order valence-electron chi connectivity index (χ4n) is 1.43. The number of carboxylic acid groups (broad SMARTS) is 1. The van der Waals surface area contributed by atoms with Crippen molar-refractivity contribution in [3.05, 3.63) is 34.6 Å². The zero-order valence-electron chi connectivity index (χ0n) is 10.1. The number of benzene rings is 1. The SMILES string of the molecule is CC(O)(CNC(=O)c1ccc(Cl)cc1F)CC(=O)O. The van der Waals surface area contributed by atoms with Gasteiger partial charge in [-0.25, -0.2) is 4.39 Å². The number of aliphatic carboxylic acids is 1. The molecule has 0 bridgehead atoms. The molecule has 19 heavy (non-hydrogen) atoms. The molecule has 5 nitrogen and oxygen atoms in total. The average Bonchev–Trinajstić information content (AvgIpc) is 2.24. The fraction of sp³-hybridized carbons (Fsp3) is 0.333. The Hall–Kier alpha value is -1.66. The van der Waals surface area contributed by atoms with Gasteiger partial charge in [-0.2, -0.15) is 0 Å². The number of nitrogens with one attached hydrogen (secondary N) is 1. The molecule has 1 unspecified atom stereocenters. The largest absolute Gasteiger partial charge is 0.481 e. The average molecular weight is 290 g/mol. The highest BCUT2D eigenvalue weighted by Crippen LogP contribution is 2.15. The Kier molecular flexibility index (Phi) is 4.85. The summed E-state index contributed by atoms with van der Waals surface area (Å²) in [6, 6.07) is 3.56. The summed E-state index contributed by atoms with van der Waals surface area (Å²) in [6.45, 7) is 0.958. The molecule has 0 aliphatic rings. The topological polar surface area (TPSA) is 86.6 Å². The van der Waals surface area contributed by atoms with Gasteiger partial charge >= 0.3 is 5.97 Å². The lowest BCUT2D eigenvalue weighted by Crippen LogP contribution is -2.42. The van der Waals surface area contributed by atoms with Crippen molar-refractivity contribution in [3.63, 3.8) is 0 Å². The molecule has 7 heteroatoms. The number of carbonyl (C=O) groups excluding carboxylic acids is 1. The molecule has 0 heterocycles. The lowest BCUT2D eigenvalue weighted by atomic mass is 10.0. The quantitative estimate of drug-likeness (QED) is 0.765. The van der Waals surface area contributed by atoms with Crippen molar-refractivity contribution in [1.29, 1.82) is 0 Å². The van der Waals surface area contributed by atoms with Crippen LogP contribution in [0.3, 0.4) is 0 Å². The minimum absolute atomic E-state index is 0.159. The first-order chi connectivity index (χ1) is 8.71. The van der Waals surface area contributed by atoms with E-state index in [4.69, 9.17) is 16.7 Å². The Labute approximate surface area is 114 Å². The molecule has 0 radical (unpaired) electrons. The Morgan fingerprint density at radius 1 is 1.47 bits per heavy atom. The maximum absolute atomic E-state index is 13.4. The zero-order chi connectivity index (χ0) is 14.6. The summed E-state index contributed by atoms with van der Waals surface area (Å²) in [4.78, 5) is 22.1. The molecular weight excluding hydrogens is 277 g/mol. The van der Waals surface area contributed by atoms with E-state index in [2.05, 4.69) is 5.32 Å². The molecule has 104 valence electrons. The van der Waals surface area contributed by atoms with Gasteiger partial charge in [0.15, 0.2) is 0 Å². The van der Waals surface area contributed by atoms with E-state index in [1.165, 1.54) is 19.1 Å². The van der Waals surface area contributed by atoms with Gasteiger partial charge in [0.05, 0.1) is 17.6 Å². The van der Waals surface area contributed by atoms with Crippen LogP contribution in [0.15, 0.2) is 18.2 Å². The first-order valence-electron chi connectivity index (χ1n) is 5.39. The van der Waals surface area contributed by atoms with Gasteiger partial charge in [-0.15, -0.1) is 0 Å². The third-order valence-electron chi connectivity index (χ3n) is 2.34. The van der Waals surface area contributed by atoms with E-state index in [0.29, 0.717) is 0 Å². The summed E-state index contributed by atoms with van der Waals surface area (Å²) in [6.07, 6.45) is -0.531. The molecule has 0 aliphatic heterocycles. The summed E-state index contributed by atoms with van der Waals surface area (Å²) < 4.78 is 13.4. The van der Waals surface area contributed by atoms with Crippen molar-refractivity contribution in [2.75, 3.05) is 6.54 Å². The second kappa shape index (κ2) is 5.99. The number of aliphatic hydroxyl groups is 1. The van der Waals surface area contributed by atoms with Gasteiger partial charge in [0.2, 0.25) is 0 Å². The molecule has 3 N–H and O–H groups in total. The maximum Gasteiger partial charge on any atom is 0.306 e. The second-order valence-corrected chi connectivity index (χ2v) is 4.81. The number of amides is 1. The second-order valence-electron chi connectivity index (χ2n) is 4.37. The van der Waals surface area contributed by atoms with E-state index in [1.54, 1.807) is 0 Å². The number of hydrogen-bond acceptors (Lipinski definition) is 3. The summed E-state index contributed by atoms with van der Waals surface area (Å²) in [5.74, 6) is -2.74. The van der Waals surface area contributed by atoms with E-state index in [0.717, 1.165) is 6.07 Å². The molecule has 0 aromatic heterocycles. The first-order valence-corrected chi connectivity index (χ1v) is 5.76. The highest BCUT2D eigenvalue weighted by molar-refractivity contribution is 6.30. The van der Waals surface area contributed by atoms with Crippen LogP contribution in [-0.2, 0) is 4.79 Å². The first kappa shape index (κ1) is 15.4. The molecule has 1 rings (SSSR count). The third kappa shape index (κ3) is 4.84. The van der Waals surface area contributed by atoms with E-state index < -0.39 is 29.7 Å². The summed E-state index contributed by atoms with van der Waals surface area (Å²) in [7, 11) is 0. The number of carbonyl (C=O) groups is 2. The molecule has 1 aromatic rings. The molecule has 0 saturated heterocycles. The standard InChI is InChI=1S/C12H13ClFNO4/c1-12(19,5-10(16)17)6-15-11(18)8-3-2-7(13)4-9(8)14/h2-4,19H,5-6H2,1H3,(H,15,18)(H,16,17). The van der Waals surface area contributed by atoms with Gasteiger partial charge in [0.1, 0.15) is 5.82 Å². The Morgan fingerprint density at radius 2 is 2.11 bits per heavy atom. The molecule has 0 saturated carbocycles. The van der Waals surface area contributed by atoms with Crippen molar-refractivity contribution < 1.29 is 24.2 Å². The van der Waals surface area contributed by atoms with E-state index in [-0.39, 0.29) is 17.1 Å². The smallest absolute Gasteiger partial charge is 0.306 e. The van der Waals surface area contributed by atoms with Gasteiger partial charge in [-0.3, -0.25) is 9.59 Å². The normalized spacial score (nSPS) is 13.7. The van der Waals surface area contributed by atoms with Crippen LogP contribution in [0.5, 0.6) is 0 Å². The summed E-state index contributed by atoms with van der Waals surface area (Å²) in [5.41, 5.74) is -1.83.